The highest BCUT2D eigenvalue weighted by Gasteiger charge is 2.28. The third kappa shape index (κ3) is 5.53. The van der Waals surface area contributed by atoms with Gasteiger partial charge in [0.25, 0.3) is 5.91 Å². The molecule has 0 spiro atoms. The largest absolute Gasteiger partial charge is 0.493 e. The zero-order chi connectivity index (χ0) is 22.4. The van der Waals surface area contributed by atoms with Crippen molar-refractivity contribution in [3.63, 3.8) is 0 Å². The maximum absolute atomic E-state index is 12.9. The first kappa shape index (κ1) is 22.6. The van der Waals surface area contributed by atoms with Gasteiger partial charge in [0.05, 0.1) is 19.3 Å². The molecule has 0 saturated carbocycles. The molecular formula is C22H26F2N2O5. The molecule has 31 heavy (non-hydrogen) atoms. The highest BCUT2D eigenvalue weighted by molar-refractivity contribution is 5.93. The number of aryl methyl sites for hydroxylation is 1. The van der Waals surface area contributed by atoms with Gasteiger partial charge in [0, 0.05) is 32.3 Å². The van der Waals surface area contributed by atoms with Gasteiger partial charge in [0.1, 0.15) is 5.69 Å². The average molecular weight is 436 g/mol. The van der Waals surface area contributed by atoms with Crippen molar-refractivity contribution in [3.05, 3.63) is 47.8 Å². The summed E-state index contributed by atoms with van der Waals surface area (Å²) in [7, 11) is 3.15. The van der Waals surface area contributed by atoms with Crippen LogP contribution in [0.5, 0.6) is 11.5 Å². The molecule has 0 radical (unpaired) electrons. The van der Waals surface area contributed by atoms with Crippen LogP contribution < -0.4 is 9.47 Å². The van der Waals surface area contributed by atoms with E-state index in [4.69, 9.17) is 9.47 Å². The summed E-state index contributed by atoms with van der Waals surface area (Å²) in [4.78, 5) is 27.1. The molecule has 1 aromatic heterocycles. The molecule has 7 nitrogen and oxygen atoms in total. The number of likely N-dealkylation sites (tertiary alicyclic amines) is 1. The Morgan fingerprint density at radius 3 is 2.68 bits per heavy atom. The fraction of sp³-hybridized carbons (Fsp3) is 0.455. The van der Waals surface area contributed by atoms with Crippen molar-refractivity contribution in [2.24, 2.45) is 7.05 Å². The number of carbonyl (C=O) groups is 2. The van der Waals surface area contributed by atoms with E-state index in [1.807, 2.05) is 24.2 Å². The first-order valence-electron chi connectivity index (χ1n) is 10.1. The van der Waals surface area contributed by atoms with E-state index in [2.05, 4.69) is 4.74 Å². The highest BCUT2D eigenvalue weighted by atomic mass is 19.3. The molecule has 168 valence electrons. The molecule has 1 atom stereocenters. The molecule has 0 bridgehead atoms. The van der Waals surface area contributed by atoms with Crippen LogP contribution >= 0.6 is 0 Å². The number of piperidine rings is 1. The molecule has 1 fully saturated rings. The summed E-state index contributed by atoms with van der Waals surface area (Å²) >= 11 is 0. The fourth-order valence-electron chi connectivity index (χ4n) is 3.76. The van der Waals surface area contributed by atoms with Crippen molar-refractivity contribution in [2.45, 2.75) is 38.3 Å². The lowest BCUT2D eigenvalue weighted by Crippen LogP contribution is -2.44. The zero-order valence-corrected chi connectivity index (χ0v) is 17.6. The van der Waals surface area contributed by atoms with Crippen LogP contribution in [0.3, 0.4) is 0 Å². The Morgan fingerprint density at radius 2 is 2.00 bits per heavy atom. The van der Waals surface area contributed by atoms with Crippen LogP contribution in [0.2, 0.25) is 0 Å². The topological polar surface area (TPSA) is 70.0 Å². The van der Waals surface area contributed by atoms with Crippen LogP contribution in [0.1, 0.15) is 46.5 Å². The minimum Gasteiger partial charge on any atom is -0.493 e. The van der Waals surface area contributed by atoms with E-state index in [0.717, 1.165) is 19.3 Å². The van der Waals surface area contributed by atoms with Gasteiger partial charge in [-0.3, -0.25) is 4.79 Å². The van der Waals surface area contributed by atoms with Crippen molar-refractivity contribution >= 4 is 11.9 Å². The molecule has 1 amide bonds. The predicted molar refractivity (Wildman–Crippen MR) is 109 cm³/mol. The van der Waals surface area contributed by atoms with Crippen molar-refractivity contribution in [1.29, 1.82) is 0 Å². The molecule has 1 aliphatic rings. The highest BCUT2D eigenvalue weighted by Crippen LogP contribution is 2.30. The van der Waals surface area contributed by atoms with Crippen LogP contribution in [0, 0.1) is 0 Å². The SMILES string of the molecule is COc1ccc(C(=O)OCCC2CCCCN2C(=O)c2cccn2C)cc1OC(F)F. The Balaban J connectivity index is 1.60. The number of benzene rings is 1. The van der Waals surface area contributed by atoms with Gasteiger partial charge in [-0.15, -0.1) is 0 Å². The number of hydrogen-bond acceptors (Lipinski definition) is 5. The number of carbonyl (C=O) groups excluding carboxylic acids is 2. The second-order valence-electron chi connectivity index (χ2n) is 7.32. The van der Waals surface area contributed by atoms with Crippen LogP contribution in [-0.2, 0) is 11.8 Å². The Bertz CT molecular complexity index is 915. The summed E-state index contributed by atoms with van der Waals surface area (Å²) in [6, 6.07) is 7.55. The van der Waals surface area contributed by atoms with Crippen LogP contribution in [0.4, 0.5) is 8.78 Å². The molecule has 3 rings (SSSR count). The lowest BCUT2D eigenvalue weighted by molar-refractivity contribution is -0.0513. The summed E-state index contributed by atoms with van der Waals surface area (Å²) < 4.78 is 41.7. The first-order chi connectivity index (χ1) is 14.9. The molecule has 1 saturated heterocycles. The summed E-state index contributed by atoms with van der Waals surface area (Å²) in [5.74, 6) is -0.835. The van der Waals surface area contributed by atoms with E-state index in [1.165, 1.54) is 25.3 Å². The lowest BCUT2D eigenvalue weighted by atomic mass is 9.99. The Morgan fingerprint density at radius 1 is 1.19 bits per heavy atom. The van der Waals surface area contributed by atoms with Crippen molar-refractivity contribution in [2.75, 3.05) is 20.3 Å². The van der Waals surface area contributed by atoms with E-state index in [9.17, 15) is 18.4 Å². The van der Waals surface area contributed by atoms with Crippen LogP contribution in [0.25, 0.3) is 0 Å². The number of alkyl halides is 2. The molecule has 2 heterocycles. The van der Waals surface area contributed by atoms with Gasteiger partial charge < -0.3 is 23.7 Å². The van der Waals surface area contributed by atoms with E-state index in [-0.39, 0.29) is 35.6 Å². The minimum absolute atomic E-state index is 0.0301. The van der Waals surface area contributed by atoms with Gasteiger partial charge >= 0.3 is 12.6 Å². The lowest BCUT2D eigenvalue weighted by Gasteiger charge is -2.35. The standard InChI is InChI=1S/C22H26F2N2O5/c1-25-11-5-7-17(25)20(27)26-12-4-3-6-16(26)10-13-30-21(28)15-8-9-18(29-2)19(14-15)31-22(23)24/h5,7-9,11,14,16,22H,3-4,6,10,12-13H2,1-2H3. The number of ether oxygens (including phenoxy) is 3. The number of hydrogen-bond donors (Lipinski definition) is 0. The van der Waals surface area contributed by atoms with Gasteiger partial charge in [-0.05, 0) is 49.6 Å². The summed E-state index contributed by atoms with van der Waals surface area (Å²) in [6.07, 6.45) is 5.10. The van der Waals surface area contributed by atoms with Gasteiger partial charge in [-0.1, -0.05) is 0 Å². The van der Waals surface area contributed by atoms with E-state index >= 15 is 0 Å². The predicted octanol–water partition coefficient (Wildman–Crippen LogP) is 3.88. The van der Waals surface area contributed by atoms with Crippen molar-refractivity contribution < 1.29 is 32.6 Å². The maximum Gasteiger partial charge on any atom is 0.387 e. The Kier molecular flexibility index (Phi) is 7.49. The minimum atomic E-state index is -3.04. The number of halogens is 2. The number of rotatable bonds is 8. The molecular weight excluding hydrogens is 410 g/mol. The average Bonchev–Trinajstić information content (AvgIpc) is 3.19. The first-order valence-corrected chi connectivity index (χ1v) is 10.1. The quantitative estimate of drug-likeness (QED) is 0.588. The maximum atomic E-state index is 12.9. The van der Waals surface area contributed by atoms with Gasteiger partial charge in [0.2, 0.25) is 0 Å². The number of esters is 1. The number of amides is 1. The normalized spacial score (nSPS) is 16.3. The Labute approximate surface area is 179 Å². The summed E-state index contributed by atoms with van der Waals surface area (Å²) in [5.41, 5.74) is 0.700. The second-order valence-corrected chi connectivity index (χ2v) is 7.32. The molecule has 1 aromatic carbocycles. The van der Waals surface area contributed by atoms with E-state index in [0.29, 0.717) is 18.7 Å². The summed E-state index contributed by atoms with van der Waals surface area (Å²) in [6.45, 7) is -2.27. The Hall–Kier alpha value is -3.10. The second kappa shape index (κ2) is 10.3. The smallest absolute Gasteiger partial charge is 0.387 e. The van der Waals surface area contributed by atoms with E-state index < -0.39 is 12.6 Å². The molecule has 1 aliphatic heterocycles. The van der Waals surface area contributed by atoms with Crippen molar-refractivity contribution in [1.82, 2.24) is 9.47 Å². The molecule has 1 unspecified atom stereocenters. The van der Waals surface area contributed by atoms with Gasteiger partial charge in [-0.2, -0.15) is 8.78 Å². The molecule has 2 aromatic rings. The van der Waals surface area contributed by atoms with Gasteiger partial charge in [0.15, 0.2) is 11.5 Å². The number of aromatic nitrogens is 1. The molecule has 9 heteroatoms. The molecule has 0 aliphatic carbocycles. The van der Waals surface area contributed by atoms with Gasteiger partial charge in [-0.25, -0.2) is 4.79 Å². The zero-order valence-electron chi connectivity index (χ0n) is 17.6. The van der Waals surface area contributed by atoms with Crippen LogP contribution in [0.15, 0.2) is 36.5 Å². The summed E-state index contributed by atoms with van der Waals surface area (Å²) in [5, 5.41) is 0. The van der Waals surface area contributed by atoms with E-state index in [1.54, 1.807) is 10.6 Å². The van der Waals surface area contributed by atoms with Crippen LogP contribution in [-0.4, -0.2) is 54.3 Å². The fourth-order valence-corrected chi connectivity index (χ4v) is 3.76. The van der Waals surface area contributed by atoms with Crippen molar-refractivity contribution in [3.8, 4) is 11.5 Å². The number of nitrogens with zero attached hydrogens (tertiary/aromatic N) is 2. The molecule has 0 N–H and O–H groups in total. The monoisotopic (exact) mass is 436 g/mol. The number of methoxy groups -OCH3 is 1. The third-order valence-corrected chi connectivity index (χ3v) is 5.35. The third-order valence-electron chi connectivity index (χ3n) is 5.35.